The number of aryl methyl sites for hydroxylation is 2. The van der Waals surface area contributed by atoms with E-state index in [4.69, 9.17) is 11.6 Å². The van der Waals surface area contributed by atoms with Gasteiger partial charge in [0.1, 0.15) is 0 Å². The van der Waals surface area contributed by atoms with Gasteiger partial charge >= 0.3 is 6.03 Å². The molecule has 0 saturated heterocycles. The molecule has 0 aliphatic heterocycles. The molecule has 2 aromatic carbocycles. The average Bonchev–Trinajstić information content (AvgIpc) is 3.09. The number of urea groups is 1. The van der Waals surface area contributed by atoms with Crippen LogP contribution in [0.25, 0.3) is 11.3 Å². The van der Waals surface area contributed by atoms with Gasteiger partial charge in [-0.1, -0.05) is 47.5 Å². The fourth-order valence-electron chi connectivity index (χ4n) is 2.47. The maximum absolute atomic E-state index is 12.7. The molecule has 0 aliphatic carbocycles. The molecular formula is C20H20ClN3OS. The van der Waals surface area contributed by atoms with Crippen molar-refractivity contribution in [3.8, 4) is 11.3 Å². The Bertz CT molecular complexity index is 921. The van der Waals surface area contributed by atoms with Gasteiger partial charge in [-0.05, 0) is 38.5 Å². The van der Waals surface area contributed by atoms with E-state index >= 15 is 0 Å². The summed E-state index contributed by atoms with van der Waals surface area (Å²) in [5.41, 5.74) is 4.75. The normalized spacial score (nSPS) is 10.6. The SMILES string of the molecule is CCN(C(=O)Nc1ccc(C)c(Cl)c1)c1nc(-c2ccc(C)cc2)cs1. The first-order valence-corrected chi connectivity index (χ1v) is 9.61. The first-order valence-electron chi connectivity index (χ1n) is 8.35. The number of hydrogen-bond acceptors (Lipinski definition) is 3. The second-order valence-electron chi connectivity index (χ2n) is 6.02. The first-order chi connectivity index (χ1) is 12.5. The third-order valence-corrected chi connectivity index (χ3v) is 5.33. The largest absolute Gasteiger partial charge is 0.328 e. The quantitative estimate of drug-likeness (QED) is 0.586. The van der Waals surface area contributed by atoms with E-state index in [0.717, 1.165) is 16.8 Å². The maximum atomic E-state index is 12.7. The molecule has 1 aromatic heterocycles. The van der Waals surface area contributed by atoms with Crippen LogP contribution in [0.3, 0.4) is 0 Å². The summed E-state index contributed by atoms with van der Waals surface area (Å²) in [4.78, 5) is 18.9. The number of thiazole rings is 1. The Balaban J connectivity index is 1.78. The fraction of sp³-hybridized carbons (Fsp3) is 0.200. The molecule has 3 aromatic rings. The van der Waals surface area contributed by atoms with Crippen LogP contribution in [-0.2, 0) is 0 Å². The minimum Gasteiger partial charge on any atom is -0.307 e. The van der Waals surface area contributed by atoms with E-state index < -0.39 is 0 Å². The van der Waals surface area contributed by atoms with Crippen LogP contribution >= 0.6 is 22.9 Å². The lowest BCUT2D eigenvalue weighted by Crippen LogP contribution is -2.34. The summed E-state index contributed by atoms with van der Waals surface area (Å²) in [7, 11) is 0. The van der Waals surface area contributed by atoms with Crippen molar-refractivity contribution < 1.29 is 4.79 Å². The summed E-state index contributed by atoms with van der Waals surface area (Å²) in [5.74, 6) is 0. The molecule has 134 valence electrons. The average molecular weight is 386 g/mol. The molecule has 0 spiro atoms. The van der Waals surface area contributed by atoms with Gasteiger partial charge in [0, 0.05) is 28.2 Å². The zero-order valence-corrected chi connectivity index (χ0v) is 16.5. The highest BCUT2D eigenvalue weighted by Crippen LogP contribution is 2.28. The van der Waals surface area contributed by atoms with Crippen molar-refractivity contribution in [1.29, 1.82) is 0 Å². The maximum Gasteiger partial charge on any atom is 0.328 e. The van der Waals surface area contributed by atoms with E-state index in [1.54, 1.807) is 11.0 Å². The molecule has 0 aliphatic rings. The van der Waals surface area contributed by atoms with E-state index in [1.165, 1.54) is 16.9 Å². The van der Waals surface area contributed by atoms with Gasteiger partial charge in [-0.2, -0.15) is 0 Å². The number of carbonyl (C=O) groups is 1. The predicted molar refractivity (Wildman–Crippen MR) is 111 cm³/mol. The second kappa shape index (κ2) is 7.89. The van der Waals surface area contributed by atoms with Crippen LogP contribution in [0.2, 0.25) is 5.02 Å². The van der Waals surface area contributed by atoms with E-state index in [1.807, 2.05) is 43.5 Å². The van der Waals surface area contributed by atoms with Crippen molar-refractivity contribution in [3.63, 3.8) is 0 Å². The van der Waals surface area contributed by atoms with Gasteiger partial charge in [-0.15, -0.1) is 11.3 Å². The number of halogens is 1. The molecular weight excluding hydrogens is 366 g/mol. The molecule has 0 unspecified atom stereocenters. The van der Waals surface area contributed by atoms with E-state index in [9.17, 15) is 4.79 Å². The van der Waals surface area contributed by atoms with E-state index in [0.29, 0.717) is 22.4 Å². The number of benzene rings is 2. The molecule has 0 bridgehead atoms. The molecule has 0 radical (unpaired) electrons. The number of amides is 2. The number of carbonyl (C=O) groups excluding carboxylic acids is 1. The number of hydrogen-bond donors (Lipinski definition) is 1. The number of anilines is 2. The lowest BCUT2D eigenvalue weighted by atomic mass is 10.1. The Hall–Kier alpha value is -2.37. The van der Waals surface area contributed by atoms with Crippen molar-refractivity contribution in [1.82, 2.24) is 4.98 Å². The molecule has 1 heterocycles. The standard InChI is InChI=1S/C20H20ClN3OS/c1-4-24(19(25)22-16-10-7-14(3)17(21)11-16)20-23-18(12-26-20)15-8-5-13(2)6-9-15/h5-12H,4H2,1-3H3,(H,22,25). The van der Waals surface area contributed by atoms with Gasteiger partial charge in [-0.25, -0.2) is 9.78 Å². The Morgan fingerprint density at radius 1 is 1.19 bits per heavy atom. The van der Waals surface area contributed by atoms with Crippen LogP contribution in [0.15, 0.2) is 47.8 Å². The Morgan fingerprint density at radius 3 is 2.58 bits per heavy atom. The lowest BCUT2D eigenvalue weighted by molar-refractivity contribution is 0.257. The number of rotatable bonds is 4. The Morgan fingerprint density at radius 2 is 1.92 bits per heavy atom. The van der Waals surface area contributed by atoms with Crippen molar-refractivity contribution >= 4 is 39.8 Å². The minimum absolute atomic E-state index is 0.225. The van der Waals surface area contributed by atoms with Gasteiger partial charge in [0.25, 0.3) is 0 Å². The van der Waals surface area contributed by atoms with Crippen LogP contribution in [0.1, 0.15) is 18.1 Å². The van der Waals surface area contributed by atoms with Crippen molar-refractivity contribution in [3.05, 3.63) is 64.0 Å². The summed E-state index contributed by atoms with van der Waals surface area (Å²) >= 11 is 7.59. The van der Waals surface area contributed by atoms with Gasteiger partial charge in [0.15, 0.2) is 5.13 Å². The van der Waals surface area contributed by atoms with Gasteiger partial charge in [0.05, 0.1) is 5.69 Å². The van der Waals surface area contributed by atoms with E-state index in [2.05, 4.69) is 29.4 Å². The van der Waals surface area contributed by atoms with Crippen LogP contribution < -0.4 is 10.2 Å². The number of nitrogens with zero attached hydrogens (tertiary/aromatic N) is 2. The zero-order chi connectivity index (χ0) is 18.7. The Kier molecular flexibility index (Phi) is 5.59. The third-order valence-electron chi connectivity index (χ3n) is 4.05. The van der Waals surface area contributed by atoms with Crippen molar-refractivity contribution in [2.24, 2.45) is 0 Å². The molecule has 1 N–H and O–H groups in total. The second-order valence-corrected chi connectivity index (χ2v) is 7.26. The summed E-state index contributed by atoms with van der Waals surface area (Å²) in [5, 5.41) is 6.15. The molecule has 0 atom stereocenters. The molecule has 26 heavy (non-hydrogen) atoms. The van der Waals surface area contributed by atoms with Crippen molar-refractivity contribution in [2.75, 3.05) is 16.8 Å². The van der Waals surface area contributed by atoms with Gasteiger partial charge in [-0.3, -0.25) is 4.90 Å². The van der Waals surface area contributed by atoms with E-state index in [-0.39, 0.29) is 6.03 Å². The fourth-order valence-corrected chi connectivity index (χ4v) is 3.55. The molecule has 2 amide bonds. The van der Waals surface area contributed by atoms with Crippen LogP contribution in [0.4, 0.5) is 15.6 Å². The highest BCUT2D eigenvalue weighted by atomic mass is 35.5. The summed E-state index contributed by atoms with van der Waals surface area (Å²) < 4.78 is 0. The smallest absolute Gasteiger partial charge is 0.307 e. The number of aromatic nitrogens is 1. The summed E-state index contributed by atoms with van der Waals surface area (Å²) in [6.45, 7) is 6.42. The topological polar surface area (TPSA) is 45.2 Å². The van der Waals surface area contributed by atoms with Crippen molar-refractivity contribution in [2.45, 2.75) is 20.8 Å². The monoisotopic (exact) mass is 385 g/mol. The van der Waals surface area contributed by atoms with Crippen LogP contribution in [-0.4, -0.2) is 17.6 Å². The highest BCUT2D eigenvalue weighted by molar-refractivity contribution is 7.14. The van der Waals surface area contributed by atoms with Crippen LogP contribution in [0.5, 0.6) is 0 Å². The first kappa shape index (κ1) is 18.4. The zero-order valence-electron chi connectivity index (χ0n) is 14.9. The summed E-state index contributed by atoms with van der Waals surface area (Å²) in [6, 6.07) is 13.4. The van der Waals surface area contributed by atoms with Gasteiger partial charge < -0.3 is 5.32 Å². The molecule has 6 heteroatoms. The number of nitrogens with one attached hydrogen (secondary N) is 1. The Labute approximate surface area is 162 Å². The highest BCUT2D eigenvalue weighted by Gasteiger charge is 2.18. The molecule has 4 nitrogen and oxygen atoms in total. The molecule has 3 rings (SSSR count). The lowest BCUT2D eigenvalue weighted by Gasteiger charge is -2.18. The minimum atomic E-state index is -0.225. The predicted octanol–water partition coefficient (Wildman–Crippen LogP) is 6.14. The van der Waals surface area contributed by atoms with Crippen LogP contribution in [0, 0.1) is 13.8 Å². The summed E-state index contributed by atoms with van der Waals surface area (Å²) in [6.07, 6.45) is 0. The van der Waals surface area contributed by atoms with Gasteiger partial charge in [0.2, 0.25) is 0 Å². The molecule has 0 saturated carbocycles. The molecule has 0 fully saturated rings. The third kappa shape index (κ3) is 4.06.